The average molecular weight is 1330 g/mol. The minimum atomic E-state index is -4.72. The number of anilines is 2. The van der Waals surface area contributed by atoms with Gasteiger partial charge < -0.3 is 29.1 Å². The predicted octanol–water partition coefficient (Wildman–Crippen LogP) is 12.9. The summed E-state index contributed by atoms with van der Waals surface area (Å²) in [6.07, 6.45) is -8.23. The maximum Gasteiger partial charge on any atom is 0.416 e. The lowest BCUT2D eigenvalue weighted by Gasteiger charge is -2.43. The Morgan fingerprint density at radius 1 is 0.495 bits per heavy atom. The van der Waals surface area contributed by atoms with Crippen LogP contribution in [-0.4, -0.2) is 157 Å². The molecule has 6 aromatic carbocycles. The molecular weight excluding hydrogens is 1260 g/mol. The number of piperazine rings is 2. The summed E-state index contributed by atoms with van der Waals surface area (Å²) in [5.41, 5.74) is 1.75. The van der Waals surface area contributed by atoms with Crippen LogP contribution in [0.4, 0.5) is 47.3 Å². The van der Waals surface area contributed by atoms with Crippen molar-refractivity contribution in [2.75, 3.05) is 102 Å². The van der Waals surface area contributed by atoms with Crippen LogP contribution in [0.2, 0.25) is 0 Å². The van der Waals surface area contributed by atoms with Crippen LogP contribution >= 0.6 is 0 Å². The van der Waals surface area contributed by atoms with Gasteiger partial charge >= 0.3 is 36.4 Å². The van der Waals surface area contributed by atoms with Crippen molar-refractivity contribution >= 4 is 47.2 Å². The molecule has 0 bridgehead atoms. The summed E-state index contributed by atoms with van der Waals surface area (Å²) in [5.74, 6) is -1.98. The van der Waals surface area contributed by atoms with E-state index < -0.39 is 59.6 Å². The van der Waals surface area contributed by atoms with Gasteiger partial charge in [0, 0.05) is 88.0 Å². The van der Waals surface area contributed by atoms with Crippen molar-refractivity contribution in [3.63, 3.8) is 0 Å². The lowest BCUT2D eigenvalue weighted by atomic mass is 9.92. The van der Waals surface area contributed by atoms with E-state index in [0.717, 1.165) is 34.1 Å². The van der Waals surface area contributed by atoms with Crippen molar-refractivity contribution in [1.82, 2.24) is 29.4 Å². The van der Waals surface area contributed by atoms with Crippen LogP contribution in [0.25, 0.3) is 11.1 Å². The van der Waals surface area contributed by atoms with Gasteiger partial charge in [0.25, 0.3) is 11.8 Å². The second kappa shape index (κ2) is 30.2. The molecule has 0 N–H and O–H groups in total. The number of carbonyl (C=O) groups is 6. The third-order valence-corrected chi connectivity index (χ3v) is 17.9. The first-order valence-electron chi connectivity index (χ1n) is 32.1. The van der Waals surface area contributed by atoms with Crippen molar-refractivity contribution in [2.24, 2.45) is 0 Å². The fourth-order valence-corrected chi connectivity index (χ4v) is 13.0. The third-order valence-electron chi connectivity index (χ3n) is 17.9. The molecule has 24 heteroatoms. The Kier molecular flexibility index (Phi) is 21.6. The number of amides is 6. The smallest absolute Gasteiger partial charge is 0.416 e. The maximum atomic E-state index is 14.8. The summed E-state index contributed by atoms with van der Waals surface area (Å²) in [7, 11) is 0. The topological polar surface area (TPSA) is 194 Å². The summed E-state index contributed by atoms with van der Waals surface area (Å²) >= 11 is 0. The van der Waals surface area contributed by atoms with Crippen LogP contribution in [-0.2, 0) is 31.4 Å². The zero-order chi connectivity index (χ0) is 69.3. The maximum absolute atomic E-state index is 14.8. The SMILES string of the molecule is CCCOC(=O)C1=C(C)N(c2cccc(C(F)(F)F)c2)C(=O)N(CCCN2CCN(C(=O)c3ccccc3-c3ccccc3C(=O)N3CCN(CCCN4C(=O)N(c5cccc(C(F)(F)F)c5)C(C)=C(C(=O)OCC)C4c4ccc(C#N)cc4)CC3)CC2)C1c1ccc(C#N)cc1. The Morgan fingerprint density at radius 3 is 1.24 bits per heavy atom. The number of allylic oxidation sites excluding steroid dienone is 2. The highest BCUT2D eigenvalue weighted by Gasteiger charge is 2.46. The van der Waals surface area contributed by atoms with E-state index in [1.165, 1.54) is 47.9 Å². The highest BCUT2D eigenvalue weighted by molar-refractivity contribution is 6.07. The number of nitrogens with zero attached hydrogens (tertiary/aromatic N) is 10. The molecule has 4 aliphatic heterocycles. The molecule has 6 amide bonds. The third kappa shape index (κ3) is 15.2. The van der Waals surface area contributed by atoms with E-state index in [2.05, 4.69) is 21.9 Å². The number of rotatable bonds is 20. The number of halogens is 6. The molecule has 4 aliphatic rings. The van der Waals surface area contributed by atoms with E-state index in [-0.39, 0.29) is 72.0 Å². The van der Waals surface area contributed by atoms with E-state index in [1.807, 2.05) is 19.1 Å². The normalized spacial score (nSPS) is 17.5. The Morgan fingerprint density at radius 2 is 0.876 bits per heavy atom. The Balaban J connectivity index is 0.792. The molecule has 2 atom stereocenters. The zero-order valence-corrected chi connectivity index (χ0v) is 54.0. The van der Waals surface area contributed by atoms with Crippen molar-refractivity contribution in [2.45, 2.75) is 71.4 Å². The molecule has 2 unspecified atom stereocenters. The van der Waals surface area contributed by atoms with Crippen LogP contribution in [0.3, 0.4) is 0 Å². The van der Waals surface area contributed by atoms with E-state index in [9.17, 15) is 65.6 Å². The lowest BCUT2D eigenvalue weighted by molar-refractivity contribution is -0.140. The molecule has 504 valence electrons. The van der Waals surface area contributed by atoms with Gasteiger partial charge in [-0.05, 0) is 148 Å². The molecule has 97 heavy (non-hydrogen) atoms. The van der Waals surface area contributed by atoms with Gasteiger partial charge in [-0.15, -0.1) is 0 Å². The largest absolute Gasteiger partial charge is 0.463 e. The van der Waals surface area contributed by atoms with Crippen molar-refractivity contribution in [3.05, 3.63) is 213 Å². The number of hydrogen-bond acceptors (Lipinski definition) is 12. The number of benzene rings is 6. The molecule has 0 radical (unpaired) electrons. The van der Waals surface area contributed by atoms with Crippen molar-refractivity contribution in [3.8, 4) is 23.3 Å². The van der Waals surface area contributed by atoms with Gasteiger partial charge in [0.2, 0.25) is 0 Å². The summed E-state index contributed by atoms with van der Waals surface area (Å²) < 4.78 is 95.6. The quantitative estimate of drug-likeness (QED) is 0.0519. The highest BCUT2D eigenvalue weighted by atomic mass is 19.4. The number of carbonyl (C=O) groups excluding carboxylic acids is 6. The molecule has 18 nitrogen and oxygen atoms in total. The summed E-state index contributed by atoms with van der Waals surface area (Å²) in [5, 5.41) is 19.2. The molecule has 2 saturated heterocycles. The first-order chi connectivity index (χ1) is 46.6. The molecule has 0 aromatic heterocycles. The molecule has 10 rings (SSSR count). The average Bonchev–Trinajstić information content (AvgIpc) is 0.754. The minimum Gasteiger partial charge on any atom is -0.463 e. The Labute approximate surface area is 558 Å². The van der Waals surface area contributed by atoms with E-state index in [1.54, 1.807) is 102 Å². The van der Waals surface area contributed by atoms with Gasteiger partial charge in [0.1, 0.15) is 0 Å². The number of nitriles is 2. The summed E-state index contributed by atoms with van der Waals surface area (Å²) in [6, 6.07) is 36.5. The number of hydrogen-bond donors (Lipinski definition) is 0. The van der Waals surface area contributed by atoms with Crippen LogP contribution in [0.15, 0.2) is 168 Å². The molecule has 0 spiro atoms. The number of urea groups is 2. The molecule has 4 heterocycles. The number of esters is 2. The second-order valence-corrected chi connectivity index (χ2v) is 23.9. The van der Waals surface area contributed by atoms with Gasteiger partial charge in [-0.1, -0.05) is 79.7 Å². The van der Waals surface area contributed by atoms with E-state index in [0.29, 0.717) is 129 Å². The second-order valence-electron chi connectivity index (χ2n) is 23.9. The van der Waals surface area contributed by atoms with Crippen LogP contribution < -0.4 is 9.80 Å². The number of ether oxygens (including phenoxy) is 2. The van der Waals surface area contributed by atoms with Gasteiger partial charge in [-0.3, -0.25) is 29.2 Å². The fraction of sp³-hybridized carbons (Fsp3) is 0.342. The summed E-state index contributed by atoms with van der Waals surface area (Å²) in [6.45, 7) is 10.6. The molecule has 2 fully saturated rings. The van der Waals surface area contributed by atoms with Gasteiger partial charge in [0.15, 0.2) is 0 Å². The molecule has 6 aromatic rings. The van der Waals surface area contributed by atoms with E-state index in [4.69, 9.17) is 9.47 Å². The lowest BCUT2D eigenvalue weighted by Crippen LogP contribution is -2.52. The van der Waals surface area contributed by atoms with Gasteiger partial charge in [-0.2, -0.15) is 36.9 Å². The Bertz CT molecular complexity index is 4090. The van der Waals surface area contributed by atoms with Crippen molar-refractivity contribution in [1.29, 1.82) is 10.5 Å². The van der Waals surface area contributed by atoms with E-state index >= 15 is 0 Å². The van der Waals surface area contributed by atoms with Crippen LogP contribution in [0.1, 0.15) is 113 Å². The van der Waals surface area contributed by atoms with Crippen molar-refractivity contribution < 1.29 is 64.6 Å². The zero-order valence-electron chi connectivity index (χ0n) is 54.0. The minimum absolute atomic E-state index is 0.0176. The van der Waals surface area contributed by atoms with Gasteiger partial charge in [-0.25, -0.2) is 19.2 Å². The first-order valence-corrected chi connectivity index (χ1v) is 32.1. The molecular formula is C73H72F6N10O8. The van der Waals surface area contributed by atoms with Gasteiger partial charge in [0.05, 0.1) is 82.2 Å². The Hall–Kier alpha value is -10.3. The number of alkyl halides is 6. The van der Waals surface area contributed by atoms with Crippen LogP contribution in [0.5, 0.6) is 0 Å². The standard InChI is InChI=1S/C73H72F6N10O8/c1-5-43-97-69(93)63-49(4)89(57-18-12-16-55(45-57)73(77,78)79)71(95)87(65(63)53-29-25-51(47-81)26-30-53)34-14-32-83-37-41-85(42-38-83)67(91)61-22-10-8-20-59(61)58-19-7-9-21-60(58)66(90)84-39-35-82(36-40-84)31-13-33-86-64(52-27-23-50(46-80)24-28-52)62(68(92)96-6-2)48(3)88(70(86)94)56-17-11-15-54(44-56)72(74,75)76/h7-12,15-30,44-45,64-65H,5-6,13-14,31-43H2,1-4H3. The molecule has 0 saturated carbocycles. The molecule has 0 aliphatic carbocycles. The summed E-state index contributed by atoms with van der Waals surface area (Å²) in [4.78, 5) is 99.9. The van der Waals surface area contributed by atoms with Crippen LogP contribution in [0, 0.1) is 22.7 Å². The fourth-order valence-electron chi connectivity index (χ4n) is 13.0. The highest BCUT2D eigenvalue weighted by Crippen LogP contribution is 2.44. The predicted molar refractivity (Wildman–Crippen MR) is 349 cm³/mol. The monoisotopic (exact) mass is 1330 g/mol. The first kappa shape index (κ1) is 69.5.